The van der Waals surface area contributed by atoms with Crippen LogP contribution in [0.15, 0.2) is 0 Å². The molecule has 0 heterocycles. The van der Waals surface area contributed by atoms with Gasteiger partial charge < -0.3 is 5.32 Å². The highest BCUT2D eigenvalue weighted by atomic mass is 35.5. The van der Waals surface area contributed by atoms with Crippen LogP contribution in [0.1, 0.15) is 52.4 Å². The summed E-state index contributed by atoms with van der Waals surface area (Å²) in [6.07, 6.45) is 8.81. The lowest BCUT2D eigenvalue weighted by atomic mass is 9.87. The van der Waals surface area contributed by atoms with Gasteiger partial charge in [-0.15, -0.1) is 12.4 Å². The molecule has 0 aromatic rings. The standard InChI is InChI=1S/C11H23N.ClH/c1-10(2)12-9-8-11-6-4-3-5-7-11;/h10-12H,3-9H2,1-2H3;1H. The molecule has 0 spiro atoms. The highest BCUT2D eigenvalue weighted by Gasteiger charge is 2.12. The van der Waals surface area contributed by atoms with Crippen LogP contribution in [0.5, 0.6) is 0 Å². The Hall–Kier alpha value is 0.250. The van der Waals surface area contributed by atoms with E-state index in [0.29, 0.717) is 6.04 Å². The van der Waals surface area contributed by atoms with Gasteiger partial charge in [-0.05, 0) is 18.9 Å². The quantitative estimate of drug-likeness (QED) is 0.742. The minimum absolute atomic E-state index is 0. The molecule has 1 rings (SSSR count). The Kier molecular flexibility index (Phi) is 7.78. The summed E-state index contributed by atoms with van der Waals surface area (Å²) in [5.74, 6) is 1.03. The van der Waals surface area contributed by atoms with E-state index in [1.807, 2.05) is 0 Å². The zero-order valence-corrected chi connectivity index (χ0v) is 9.83. The Balaban J connectivity index is 0.00000144. The average molecular weight is 206 g/mol. The van der Waals surface area contributed by atoms with Gasteiger partial charge in [0, 0.05) is 6.04 Å². The van der Waals surface area contributed by atoms with Gasteiger partial charge in [0.2, 0.25) is 0 Å². The number of halogens is 1. The van der Waals surface area contributed by atoms with E-state index >= 15 is 0 Å². The van der Waals surface area contributed by atoms with E-state index in [4.69, 9.17) is 0 Å². The fourth-order valence-corrected chi connectivity index (χ4v) is 2.05. The molecule has 0 aromatic carbocycles. The predicted octanol–water partition coefficient (Wildman–Crippen LogP) is 3.38. The molecule has 0 unspecified atom stereocenters. The Morgan fingerprint density at radius 2 is 1.77 bits per heavy atom. The summed E-state index contributed by atoms with van der Waals surface area (Å²) in [6.45, 7) is 5.67. The first-order chi connectivity index (χ1) is 5.79. The second-order valence-corrected chi connectivity index (χ2v) is 4.40. The van der Waals surface area contributed by atoms with E-state index in [2.05, 4.69) is 19.2 Å². The molecule has 13 heavy (non-hydrogen) atoms. The number of nitrogens with one attached hydrogen (secondary N) is 1. The molecule has 0 radical (unpaired) electrons. The summed E-state index contributed by atoms with van der Waals surface area (Å²) >= 11 is 0. The molecule has 1 aliphatic rings. The van der Waals surface area contributed by atoms with E-state index in [1.54, 1.807) is 0 Å². The van der Waals surface area contributed by atoms with Gasteiger partial charge in [-0.25, -0.2) is 0 Å². The number of rotatable bonds is 4. The molecule has 1 saturated carbocycles. The average Bonchev–Trinajstić information content (AvgIpc) is 2.05. The van der Waals surface area contributed by atoms with Gasteiger partial charge in [0.1, 0.15) is 0 Å². The van der Waals surface area contributed by atoms with E-state index in [-0.39, 0.29) is 12.4 Å². The van der Waals surface area contributed by atoms with Crippen molar-refractivity contribution >= 4 is 12.4 Å². The molecule has 0 atom stereocenters. The van der Waals surface area contributed by atoms with Gasteiger partial charge in [-0.2, -0.15) is 0 Å². The zero-order valence-electron chi connectivity index (χ0n) is 9.01. The second kappa shape index (κ2) is 7.64. The van der Waals surface area contributed by atoms with Crippen LogP contribution in [0.3, 0.4) is 0 Å². The molecule has 1 fully saturated rings. The molecule has 0 aliphatic heterocycles. The van der Waals surface area contributed by atoms with Crippen LogP contribution in [-0.4, -0.2) is 12.6 Å². The predicted molar refractivity (Wildman–Crippen MR) is 61.6 cm³/mol. The Labute approximate surface area is 89.1 Å². The van der Waals surface area contributed by atoms with Gasteiger partial charge in [-0.3, -0.25) is 0 Å². The smallest absolute Gasteiger partial charge is 0.00103 e. The first-order valence-electron chi connectivity index (χ1n) is 5.52. The summed E-state index contributed by atoms with van der Waals surface area (Å²) in [6, 6.07) is 0.661. The van der Waals surface area contributed by atoms with Crippen LogP contribution in [0, 0.1) is 5.92 Å². The Bertz CT molecular complexity index is 109. The number of hydrogen-bond donors (Lipinski definition) is 1. The van der Waals surface area contributed by atoms with E-state index < -0.39 is 0 Å². The van der Waals surface area contributed by atoms with Crippen molar-refractivity contribution in [3.8, 4) is 0 Å². The van der Waals surface area contributed by atoms with Gasteiger partial charge in [-0.1, -0.05) is 46.0 Å². The van der Waals surface area contributed by atoms with Crippen molar-refractivity contribution in [1.29, 1.82) is 0 Å². The maximum atomic E-state index is 3.49. The maximum absolute atomic E-state index is 3.49. The Morgan fingerprint density at radius 3 is 2.31 bits per heavy atom. The molecule has 1 N–H and O–H groups in total. The van der Waals surface area contributed by atoms with E-state index in [0.717, 1.165) is 5.92 Å². The molecular formula is C11H24ClN. The molecular weight excluding hydrogens is 182 g/mol. The SMILES string of the molecule is CC(C)NCCC1CCCCC1.Cl. The highest BCUT2D eigenvalue weighted by molar-refractivity contribution is 5.85. The van der Waals surface area contributed by atoms with Crippen LogP contribution in [0.4, 0.5) is 0 Å². The minimum Gasteiger partial charge on any atom is -0.315 e. The van der Waals surface area contributed by atoms with Crippen molar-refractivity contribution in [2.75, 3.05) is 6.54 Å². The lowest BCUT2D eigenvalue weighted by Gasteiger charge is -2.21. The topological polar surface area (TPSA) is 12.0 Å². The molecule has 1 nitrogen and oxygen atoms in total. The molecule has 0 aromatic heterocycles. The maximum Gasteiger partial charge on any atom is 0.00103 e. The first kappa shape index (κ1) is 13.2. The minimum atomic E-state index is 0. The van der Waals surface area contributed by atoms with Crippen molar-refractivity contribution in [3.05, 3.63) is 0 Å². The molecule has 1 aliphatic carbocycles. The molecule has 2 heteroatoms. The fourth-order valence-electron chi connectivity index (χ4n) is 2.05. The monoisotopic (exact) mass is 205 g/mol. The zero-order chi connectivity index (χ0) is 8.81. The number of hydrogen-bond acceptors (Lipinski definition) is 1. The van der Waals surface area contributed by atoms with Gasteiger partial charge in [0.15, 0.2) is 0 Å². The van der Waals surface area contributed by atoms with Crippen molar-refractivity contribution in [1.82, 2.24) is 5.32 Å². The van der Waals surface area contributed by atoms with Crippen molar-refractivity contribution in [2.45, 2.75) is 58.4 Å². The Morgan fingerprint density at radius 1 is 1.15 bits per heavy atom. The summed E-state index contributed by atoms with van der Waals surface area (Å²) in [4.78, 5) is 0. The van der Waals surface area contributed by atoms with Crippen LogP contribution in [0.25, 0.3) is 0 Å². The van der Waals surface area contributed by atoms with Gasteiger partial charge >= 0.3 is 0 Å². The largest absolute Gasteiger partial charge is 0.315 e. The lowest BCUT2D eigenvalue weighted by Crippen LogP contribution is -2.25. The highest BCUT2D eigenvalue weighted by Crippen LogP contribution is 2.25. The fraction of sp³-hybridized carbons (Fsp3) is 1.00. The van der Waals surface area contributed by atoms with Crippen LogP contribution >= 0.6 is 12.4 Å². The normalized spacial score (nSPS) is 18.7. The summed E-state index contributed by atoms with van der Waals surface area (Å²) < 4.78 is 0. The molecule has 80 valence electrons. The van der Waals surface area contributed by atoms with Crippen LogP contribution in [0.2, 0.25) is 0 Å². The second-order valence-electron chi connectivity index (χ2n) is 4.40. The lowest BCUT2D eigenvalue weighted by molar-refractivity contribution is 0.330. The van der Waals surface area contributed by atoms with E-state index in [9.17, 15) is 0 Å². The summed E-state index contributed by atoms with van der Waals surface area (Å²) in [5, 5.41) is 3.49. The van der Waals surface area contributed by atoms with Crippen molar-refractivity contribution in [3.63, 3.8) is 0 Å². The van der Waals surface area contributed by atoms with Crippen molar-refractivity contribution in [2.24, 2.45) is 5.92 Å². The molecule has 0 amide bonds. The third-order valence-electron chi connectivity index (χ3n) is 2.83. The van der Waals surface area contributed by atoms with Crippen LogP contribution in [-0.2, 0) is 0 Å². The molecule has 0 bridgehead atoms. The third-order valence-corrected chi connectivity index (χ3v) is 2.83. The molecule has 0 saturated heterocycles. The van der Waals surface area contributed by atoms with Gasteiger partial charge in [0.25, 0.3) is 0 Å². The van der Waals surface area contributed by atoms with Gasteiger partial charge in [0.05, 0.1) is 0 Å². The van der Waals surface area contributed by atoms with Crippen LogP contribution < -0.4 is 5.32 Å². The summed E-state index contributed by atoms with van der Waals surface area (Å²) in [5.41, 5.74) is 0. The van der Waals surface area contributed by atoms with E-state index in [1.165, 1.54) is 45.1 Å². The van der Waals surface area contributed by atoms with Crippen molar-refractivity contribution < 1.29 is 0 Å². The first-order valence-corrected chi connectivity index (χ1v) is 5.52. The third kappa shape index (κ3) is 6.34. The summed E-state index contributed by atoms with van der Waals surface area (Å²) in [7, 11) is 0.